The molecule has 100 valence electrons. The number of piperazine rings is 1. The van der Waals surface area contributed by atoms with Crippen molar-refractivity contribution in [3.63, 3.8) is 0 Å². The van der Waals surface area contributed by atoms with E-state index in [9.17, 15) is 14.4 Å². The first-order valence-corrected chi connectivity index (χ1v) is 6.14. The van der Waals surface area contributed by atoms with Crippen molar-refractivity contribution in [1.82, 2.24) is 15.5 Å². The van der Waals surface area contributed by atoms with Crippen molar-refractivity contribution in [3.8, 4) is 0 Å². The van der Waals surface area contributed by atoms with Crippen molar-refractivity contribution in [1.29, 1.82) is 0 Å². The molecule has 1 atom stereocenters. The highest BCUT2D eigenvalue weighted by atomic mass is 16.4. The molecule has 3 amide bonds. The first-order chi connectivity index (χ1) is 8.58. The highest BCUT2D eigenvalue weighted by molar-refractivity contribution is 5.90. The number of hydrogen-bond donors (Lipinski definition) is 3. The van der Waals surface area contributed by atoms with Crippen LogP contribution in [-0.4, -0.2) is 53.1 Å². The van der Waals surface area contributed by atoms with Crippen LogP contribution in [0.25, 0.3) is 0 Å². The summed E-state index contributed by atoms with van der Waals surface area (Å²) in [5, 5.41) is 14.3. The van der Waals surface area contributed by atoms with E-state index in [1.54, 1.807) is 0 Å². The van der Waals surface area contributed by atoms with Gasteiger partial charge in [0, 0.05) is 12.6 Å². The Kier molecular flexibility index (Phi) is 3.69. The topological polar surface area (TPSA) is 98.7 Å². The normalized spacial score (nSPS) is 24.8. The molecule has 0 bridgehead atoms. The molecule has 18 heavy (non-hydrogen) atoms. The van der Waals surface area contributed by atoms with E-state index >= 15 is 0 Å². The average molecular weight is 255 g/mol. The fourth-order valence-corrected chi connectivity index (χ4v) is 2.40. The molecule has 0 spiro atoms. The summed E-state index contributed by atoms with van der Waals surface area (Å²) in [6.45, 7) is -0.234. The molecule has 0 aromatic carbocycles. The third kappa shape index (κ3) is 2.72. The third-order valence-electron chi connectivity index (χ3n) is 3.41. The average Bonchev–Trinajstić information content (AvgIpc) is 2.81. The van der Waals surface area contributed by atoms with Gasteiger partial charge in [0.05, 0.1) is 0 Å². The molecule has 2 fully saturated rings. The van der Waals surface area contributed by atoms with Crippen LogP contribution in [-0.2, 0) is 9.59 Å². The molecule has 1 aliphatic carbocycles. The molecule has 1 saturated heterocycles. The van der Waals surface area contributed by atoms with Crippen LogP contribution in [0.1, 0.15) is 25.7 Å². The molecule has 1 heterocycles. The molecule has 0 aromatic heterocycles. The van der Waals surface area contributed by atoms with Crippen LogP contribution in [0, 0.1) is 0 Å². The number of aliphatic carboxylic acids is 1. The lowest BCUT2D eigenvalue weighted by atomic mass is 10.2. The lowest BCUT2D eigenvalue weighted by Crippen LogP contribution is -2.62. The summed E-state index contributed by atoms with van der Waals surface area (Å²) in [6.07, 6.45) is 3.99. The minimum absolute atomic E-state index is 0.0355. The monoisotopic (exact) mass is 255 g/mol. The highest BCUT2D eigenvalue weighted by Gasteiger charge is 2.36. The van der Waals surface area contributed by atoms with E-state index in [1.807, 2.05) is 0 Å². The van der Waals surface area contributed by atoms with Crippen LogP contribution in [0.5, 0.6) is 0 Å². The maximum Gasteiger partial charge on any atom is 0.328 e. The van der Waals surface area contributed by atoms with Gasteiger partial charge in [-0.3, -0.25) is 9.69 Å². The molecule has 7 heteroatoms. The number of hydrogen-bond acceptors (Lipinski definition) is 3. The fourth-order valence-electron chi connectivity index (χ4n) is 2.40. The number of nitrogens with one attached hydrogen (secondary N) is 2. The van der Waals surface area contributed by atoms with Crippen LogP contribution in [0.2, 0.25) is 0 Å². The maximum absolute atomic E-state index is 12.0. The van der Waals surface area contributed by atoms with Gasteiger partial charge in [-0.25, -0.2) is 9.59 Å². The third-order valence-corrected chi connectivity index (χ3v) is 3.41. The molecule has 3 N–H and O–H groups in total. The smallest absolute Gasteiger partial charge is 0.328 e. The molecule has 0 aromatic rings. The van der Waals surface area contributed by atoms with Gasteiger partial charge in [0.1, 0.15) is 12.6 Å². The van der Waals surface area contributed by atoms with Gasteiger partial charge in [-0.15, -0.1) is 0 Å². The number of urea groups is 1. The van der Waals surface area contributed by atoms with Gasteiger partial charge < -0.3 is 15.7 Å². The van der Waals surface area contributed by atoms with E-state index in [4.69, 9.17) is 5.11 Å². The van der Waals surface area contributed by atoms with E-state index in [0.29, 0.717) is 0 Å². The second kappa shape index (κ2) is 5.24. The fraction of sp³-hybridized carbons (Fsp3) is 0.727. The van der Waals surface area contributed by atoms with Crippen LogP contribution < -0.4 is 10.6 Å². The van der Waals surface area contributed by atoms with Gasteiger partial charge in [-0.05, 0) is 12.8 Å². The minimum Gasteiger partial charge on any atom is -0.480 e. The maximum atomic E-state index is 12.0. The number of rotatable bonds is 2. The number of carbonyl (C=O) groups excluding carboxylic acids is 2. The summed E-state index contributed by atoms with van der Waals surface area (Å²) >= 11 is 0. The molecule has 0 radical (unpaired) electrons. The summed E-state index contributed by atoms with van der Waals surface area (Å²) < 4.78 is 0. The van der Waals surface area contributed by atoms with Crippen LogP contribution in [0.3, 0.4) is 0 Å². The standard InChI is InChI=1S/C11H17N3O4/c15-9-6-14(8(5-12-9)10(16)17)11(18)13-7-3-1-2-4-7/h7-8H,1-6H2,(H,12,15)(H,13,18)(H,16,17). The Morgan fingerprint density at radius 1 is 1.33 bits per heavy atom. The number of carboxylic acids is 1. The summed E-state index contributed by atoms with van der Waals surface area (Å²) in [5.41, 5.74) is 0. The van der Waals surface area contributed by atoms with Gasteiger partial charge in [-0.1, -0.05) is 12.8 Å². The van der Waals surface area contributed by atoms with Crippen LogP contribution in [0.4, 0.5) is 4.79 Å². The summed E-state index contributed by atoms with van der Waals surface area (Å²) in [4.78, 5) is 35.4. The zero-order valence-corrected chi connectivity index (χ0v) is 10.0. The Morgan fingerprint density at radius 3 is 2.61 bits per heavy atom. The summed E-state index contributed by atoms with van der Waals surface area (Å²) in [6, 6.07) is -1.33. The van der Waals surface area contributed by atoms with Crippen LogP contribution in [0.15, 0.2) is 0 Å². The Morgan fingerprint density at radius 2 is 2.00 bits per heavy atom. The number of carboxylic acid groups (broad SMARTS) is 1. The first kappa shape index (κ1) is 12.7. The molecule has 7 nitrogen and oxygen atoms in total. The second-order valence-electron chi connectivity index (χ2n) is 4.72. The van der Waals surface area contributed by atoms with Gasteiger partial charge in [0.25, 0.3) is 0 Å². The van der Waals surface area contributed by atoms with Crippen LogP contribution >= 0.6 is 0 Å². The largest absolute Gasteiger partial charge is 0.480 e. The van der Waals surface area contributed by atoms with E-state index in [2.05, 4.69) is 10.6 Å². The van der Waals surface area contributed by atoms with Crippen molar-refractivity contribution in [2.45, 2.75) is 37.8 Å². The predicted molar refractivity (Wildman–Crippen MR) is 61.9 cm³/mol. The van der Waals surface area contributed by atoms with Crippen molar-refractivity contribution < 1.29 is 19.5 Å². The Balaban J connectivity index is 1.99. The van der Waals surface area contributed by atoms with E-state index in [-0.39, 0.29) is 25.0 Å². The number of nitrogens with zero attached hydrogens (tertiary/aromatic N) is 1. The Bertz CT molecular complexity index is 365. The summed E-state index contributed by atoms with van der Waals surface area (Å²) in [7, 11) is 0. The minimum atomic E-state index is -1.10. The zero-order chi connectivity index (χ0) is 13.1. The quantitative estimate of drug-likeness (QED) is 0.621. The van der Waals surface area contributed by atoms with Crippen molar-refractivity contribution >= 4 is 17.9 Å². The molecule has 2 rings (SSSR count). The summed E-state index contributed by atoms with van der Waals surface area (Å²) in [5.74, 6) is -1.43. The predicted octanol–water partition coefficient (Wildman–Crippen LogP) is -0.476. The van der Waals surface area contributed by atoms with Crippen molar-refractivity contribution in [3.05, 3.63) is 0 Å². The lowest BCUT2D eigenvalue weighted by Gasteiger charge is -2.33. The molecule has 2 aliphatic rings. The first-order valence-electron chi connectivity index (χ1n) is 6.14. The van der Waals surface area contributed by atoms with E-state index < -0.39 is 18.0 Å². The van der Waals surface area contributed by atoms with E-state index in [0.717, 1.165) is 30.6 Å². The molecular weight excluding hydrogens is 238 g/mol. The molecule has 1 saturated carbocycles. The SMILES string of the molecule is O=C1CN(C(=O)NC2CCCC2)C(C(=O)O)CN1. The van der Waals surface area contributed by atoms with Gasteiger partial charge in [-0.2, -0.15) is 0 Å². The number of amides is 3. The second-order valence-corrected chi connectivity index (χ2v) is 4.72. The van der Waals surface area contributed by atoms with Gasteiger partial charge in [0.15, 0.2) is 0 Å². The highest BCUT2D eigenvalue weighted by Crippen LogP contribution is 2.18. The molecule has 1 aliphatic heterocycles. The molecule has 1 unspecified atom stereocenters. The Hall–Kier alpha value is -1.79. The number of carbonyl (C=O) groups is 3. The van der Waals surface area contributed by atoms with Gasteiger partial charge >= 0.3 is 12.0 Å². The molecular formula is C11H17N3O4. The van der Waals surface area contributed by atoms with Gasteiger partial charge in [0.2, 0.25) is 5.91 Å². The van der Waals surface area contributed by atoms with E-state index in [1.165, 1.54) is 0 Å². The van der Waals surface area contributed by atoms with Crippen molar-refractivity contribution in [2.24, 2.45) is 0 Å². The van der Waals surface area contributed by atoms with Crippen molar-refractivity contribution in [2.75, 3.05) is 13.1 Å². The lowest BCUT2D eigenvalue weighted by molar-refractivity contribution is -0.144. The Labute approximate surface area is 105 Å². The zero-order valence-electron chi connectivity index (χ0n) is 10.0.